The van der Waals surface area contributed by atoms with Gasteiger partial charge < -0.3 is 9.55 Å². The number of imidazole rings is 1. The van der Waals surface area contributed by atoms with Gasteiger partial charge in [0.25, 0.3) is 0 Å². The van der Waals surface area contributed by atoms with Gasteiger partial charge in [0.2, 0.25) is 0 Å². The summed E-state index contributed by atoms with van der Waals surface area (Å²) in [5.74, 6) is 0.632. The van der Waals surface area contributed by atoms with Crippen LogP contribution in [0.2, 0.25) is 0 Å². The van der Waals surface area contributed by atoms with Crippen LogP contribution in [0.4, 0.5) is 0 Å². The molecule has 1 N–H and O–H groups in total. The van der Waals surface area contributed by atoms with Crippen LogP contribution in [0.5, 0.6) is 0 Å². The number of rotatable bonds is 3. The van der Waals surface area contributed by atoms with Gasteiger partial charge in [0.05, 0.1) is 0 Å². The molecule has 3 heteroatoms. The maximum atomic E-state index is 5.40. The smallest absolute Gasteiger partial charge is 0.177 e. The van der Waals surface area contributed by atoms with E-state index in [1.165, 1.54) is 5.69 Å². The molecule has 0 bridgehead atoms. The first-order valence-electron chi connectivity index (χ1n) is 6.34. The second kappa shape index (κ2) is 4.60. The molecule has 1 rings (SSSR count). The molecule has 17 heavy (non-hydrogen) atoms. The Labute approximate surface area is 110 Å². The van der Waals surface area contributed by atoms with Crippen LogP contribution in [-0.2, 0) is 12.0 Å². The number of nitrogens with zero attached hydrogens (tertiary/aromatic N) is 1. The van der Waals surface area contributed by atoms with Crippen LogP contribution in [0, 0.1) is 16.1 Å². The standard InChI is InChI=1S/C14H26N2S/c1-10(2)14(6,7)9-16-11(13(3,4)5)8-15-12(16)17/h8,10H,9H2,1-7H3,(H,15,17). The molecule has 0 saturated heterocycles. The molecule has 0 unspecified atom stereocenters. The highest BCUT2D eigenvalue weighted by Gasteiger charge is 2.27. The van der Waals surface area contributed by atoms with Crippen molar-refractivity contribution in [3.63, 3.8) is 0 Å². The molecule has 2 nitrogen and oxygen atoms in total. The Kier molecular flexibility index (Phi) is 3.92. The minimum absolute atomic E-state index is 0.126. The Morgan fingerprint density at radius 1 is 1.24 bits per heavy atom. The van der Waals surface area contributed by atoms with E-state index in [4.69, 9.17) is 12.2 Å². The molecule has 0 saturated carbocycles. The molecule has 0 fully saturated rings. The highest BCUT2D eigenvalue weighted by molar-refractivity contribution is 7.71. The van der Waals surface area contributed by atoms with E-state index in [1.54, 1.807) is 0 Å². The SMILES string of the molecule is CC(C)C(C)(C)Cn1c(C(C)(C)C)c[nH]c1=S. The van der Waals surface area contributed by atoms with Crippen molar-refractivity contribution in [2.24, 2.45) is 11.3 Å². The Balaban J connectivity index is 3.16. The first-order chi connectivity index (χ1) is 7.55. The zero-order valence-electron chi connectivity index (χ0n) is 12.2. The van der Waals surface area contributed by atoms with Crippen molar-refractivity contribution in [3.8, 4) is 0 Å². The zero-order valence-corrected chi connectivity index (χ0v) is 13.0. The van der Waals surface area contributed by atoms with Crippen molar-refractivity contribution < 1.29 is 0 Å². The summed E-state index contributed by atoms with van der Waals surface area (Å²) in [5.41, 5.74) is 1.66. The number of H-pyrrole nitrogens is 1. The lowest BCUT2D eigenvalue weighted by molar-refractivity contribution is 0.204. The van der Waals surface area contributed by atoms with Gasteiger partial charge in [0, 0.05) is 23.9 Å². The molecule has 0 aliphatic carbocycles. The van der Waals surface area contributed by atoms with E-state index in [9.17, 15) is 0 Å². The van der Waals surface area contributed by atoms with Gasteiger partial charge in [-0.2, -0.15) is 0 Å². The lowest BCUT2D eigenvalue weighted by atomic mass is 9.80. The maximum Gasteiger partial charge on any atom is 0.177 e. The molecule has 0 atom stereocenters. The molecule has 0 aliphatic heterocycles. The van der Waals surface area contributed by atoms with E-state index in [0.29, 0.717) is 5.92 Å². The van der Waals surface area contributed by atoms with Crippen molar-refractivity contribution in [2.45, 2.75) is 60.4 Å². The Morgan fingerprint density at radius 2 is 1.76 bits per heavy atom. The van der Waals surface area contributed by atoms with Crippen LogP contribution in [0.1, 0.15) is 54.2 Å². The van der Waals surface area contributed by atoms with E-state index in [2.05, 4.69) is 64.2 Å². The van der Waals surface area contributed by atoms with E-state index < -0.39 is 0 Å². The number of hydrogen-bond acceptors (Lipinski definition) is 1. The number of nitrogens with one attached hydrogen (secondary N) is 1. The van der Waals surface area contributed by atoms with Crippen molar-refractivity contribution in [3.05, 3.63) is 16.7 Å². The summed E-state index contributed by atoms with van der Waals surface area (Å²) in [4.78, 5) is 3.18. The number of hydrogen-bond donors (Lipinski definition) is 1. The van der Waals surface area contributed by atoms with Crippen LogP contribution in [0.25, 0.3) is 0 Å². The monoisotopic (exact) mass is 254 g/mol. The van der Waals surface area contributed by atoms with E-state index in [-0.39, 0.29) is 10.8 Å². The van der Waals surface area contributed by atoms with Gasteiger partial charge in [0.15, 0.2) is 4.77 Å². The molecule has 0 aromatic carbocycles. The topological polar surface area (TPSA) is 20.7 Å². The number of aromatic nitrogens is 2. The van der Waals surface area contributed by atoms with Crippen molar-refractivity contribution in [1.82, 2.24) is 9.55 Å². The normalized spacial score (nSPS) is 13.4. The average molecular weight is 254 g/mol. The Morgan fingerprint density at radius 3 is 2.18 bits per heavy atom. The summed E-state index contributed by atoms with van der Waals surface area (Å²) in [6, 6.07) is 0. The fourth-order valence-corrected chi connectivity index (χ4v) is 1.99. The van der Waals surface area contributed by atoms with Gasteiger partial charge in [-0.05, 0) is 23.6 Å². The Bertz CT molecular complexity index is 430. The van der Waals surface area contributed by atoms with Crippen LogP contribution in [-0.4, -0.2) is 9.55 Å². The second-order valence-electron chi connectivity index (χ2n) is 6.96. The van der Waals surface area contributed by atoms with Gasteiger partial charge in [-0.25, -0.2) is 0 Å². The summed E-state index contributed by atoms with van der Waals surface area (Å²) in [6.07, 6.45) is 2.05. The lowest BCUT2D eigenvalue weighted by Crippen LogP contribution is -2.29. The lowest BCUT2D eigenvalue weighted by Gasteiger charge is -2.32. The molecular weight excluding hydrogens is 228 g/mol. The Hall–Kier alpha value is -0.570. The van der Waals surface area contributed by atoms with Crippen LogP contribution < -0.4 is 0 Å². The molecular formula is C14H26N2S. The predicted octanol–water partition coefficient (Wildman–Crippen LogP) is 4.53. The summed E-state index contributed by atoms with van der Waals surface area (Å²) < 4.78 is 3.10. The third-order valence-electron chi connectivity index (χ3n) is 3.77. The van der Waals surface area contributed by atoms with E-state index >= 15 is 0 Å². The van der Waals surface area contributed by atoms with Crippen LogP contribution in [0.3, 0.4) is 0 Å². The van der Waals surface area contributed by atoms with Gasteiger partial charge in [-0.15, -0.1) is 0 Å². The second-order valence-corrected chi connectivity index (χ2v) is 7.35. The van der Waals surface area contributed by atoms with Crippen molar-refractivity contribution in [2.75, 3.05) is 0 Å². The van der Waals surface area contributed by atoms with Crippen LogP contribution >= 0.6 is 12.2 Å². The fraction of sp³-hybridized carbons (Fsp3) is 0.786. The van der Waals surface area contributed by atoms with Crippen molar-refractivity contribution in [1.29, 1.82) is 0 Å². The highest BCUT2D eigenvalue weighted by Crippen LogP contribution is 2.31. The third kappa shape index (κ3) is 3.21. The summed E-state index contributed by atoms with van der Waals surface area (Å²) in [5, 5.41) is 0. The summed E-state index contributed by atoms with van der Waals surface area (Å²) in [7, 11) is 0. The first kappa shape index (κ1) is 14.5. The largest absolute Gasteiger partial charge is 0.337 e. The first-order valence-corrected chi connectivity index (χ1v) is 6.75. The fourth-order valence-electron chi connectivity index (χ4n) is 1.76. The number of aromatic amines is 1. The van der Waals surface area contributed by atoms with Gasteiger partial charge in [-0.1, -0.05) is 48.5 Å². The molecule has 0 spiro atoms. The average Bonchev–Trinajstić information content (AvgIpc) is 2.46. The molecule has 0 radical (unpaired) electrons. The van der Waals surface area contributed by atoms with Gasteiger partial charge >= 0.3 is 0 Å². The van der Waals surface area contributed by atoms with Crippen LogP contribution in [0.15, 0.2) is 6.20 Å². The van der Waals surface area contributed by atoms with E-state index in [1.807, 2.05) is 0 Å². The molecule has 1 aromatic rings. The highest BCUT2D eigenvalue weighted by atomic mass is 32.1. The van der Waals surface area contributed by atoms with Gasteiger partial charge in [-0.3, -0.25) is 0 Å². The summed E-state index contributed by atoms with van der Waals surface area (Å²) in [6.45, 7) is 16.8. The minimum Gasteiger partial charge on any atom is -0.337 e. The molecule has 98 valence electrons. The molecule has 1 aromatic heterocycles. The van der Waals surface area contributed by atoms with Gasteiger partial charge in [0.1, 0.15) is 0 Å². The predicted molar refractivity (Wildman–Crippen MR) is 76.9 cm³/mol. The minimum atomic E-state index is 0.126. The van der Waals surface area contributed by atoms with E-state index in [0.717, 1.165) is 11.3 Å². The molecule has 0 aliphatic rings. The zero-order chi connectivity index (χ0) is 13.4. The molecule has 1 heterocycles. The third-order valence-corrected chi connectivity index (χ3v) is 4.10. The quantitative estimate of drug-likeness (QED) is 0.786. The maximum absolute atomic E-state index is 5.40. The van der Waals surface area contributed by atoms with Crippen molar-refractivity contribution >= 4 is 12.2 Å². The summed E-state index contributed by atoms with van der Waals surface area (Å²) >= 11 is 5.40. The molecule has 0 amide bonds.